The molecule has 43 heavy (non-hydrogen) atoms. The van der Waals surface area contributed by atoms with Crippen molar-refractivity contribution in [1.29, 1.82) is 0 Å². The average molecular weight is 664 g/mol. The number of carbonyl (C=O) groups is 1. The van der Waals surface area contributed by atoms with E-state index in [1.165, 1.54) is 56.1 Å². The molecular weight excluding hydrogens is 633 g/mol. The number of nitrogens with zero attached hydrogens (tertiary/aromatic N) is 5. The zero-order valence-electron chi connectivity index (χ0n) is 23.6. The number of methoxy groups -OCH3 is 1. The van der Waals surface area contributed by atoms with E-state index >= 15 is 0 Å². The van der Waals surface area contributed by atoms with Crippen LogP contribution in [0.25, 0.3) is 11.2 Å². The summed E-state index contributed by atoms with van der Waals surface area (Å²) < 4.78 is 60.3. The Balaban J connectivity index is 1.58. The van der Waals surface area contributed by atoms with Crippen molar-refractivity contribution < 1.29 is 46.5 Å². The van der Waals surface area contributed by atoms with Gasteiger partial charge in [-0.05, 0) is 38.1 Å². The Hall–Kier alpha value is -2.93. The molecule has 0 radical (unpaired) electrons. The molecular formula is C23H31ClN7O10PS. The van der Waals surface area contributed by atoms with Crippen molar-refractivity contribution in [3.05, 3.63) is 41.9 Å². The summed E-state index contributed by atoms with van der Waals surface area (Å²) in [5.41, 5.74) is -1.63. The number of hydrogen-bond donors (Lipinski definition) is 4. The first kappa shape index (κ1) is 33.0. The fraction of sp³-hybridized carbons (Fsp3) is 0.478. The van der Waals surface area contributed by atoms with Crippen LogP contribution in [0, 0.1) is 0 Å². The van der Waals surface area contributed by atoms with Gasteiger partial charge in [0.05, 0.1) is 26.3 Å². The highest BCUT2D eigenvalue weighted by molar-refractivity contribution is 7.88. The van der Waals surface area contributed by atoms with Crippen LogP contribution in [0.5, 0.6) is 5.75 Å². The van der Waals surface area contributed by atoms with Crippen molar-refractivity contribution in [3.63, 3.8) is 0 Å². The first-order chi connectivity index (χ1) is 20.0. The summed E-state index contributed by atoms with van der Waals surface area (Å²) in [5.74, 6) is -0.529. The monoisotopic (exact) mass is 663 g/mol. The minimum Gasteiger partial charge on any atom is -0.468 e. The number of aliphatic hydroxyl groups excluding tert-OH is 1. The van der Waals surface area contributed by atoms with Crippen molar-refractivity contribution in [3.8, 4) is 5.75 Å². The number of nitrogens with one attached hydrogen (secondary N) is 2. The number of esters is 1. The Morgan fingerprint density at radius 3 is 2.60 bits per heavy atom. The highest BCUT2D eigenvalue weighted by Crippen LogP contribution is 2.47. The van der Waals surface area contributed by atoms with Crippen LogP contribution in [0.2, 0.25) is 5.02 Å². The van der Waals surface area contributed by atoms with E-state index in [0.29, 0.717) is 5.02 Å². The number of hydrazine groups is 1. The van der Waals surface area contributed by atoms with E-state index < -0.39 is 60.4 Å². The van der Waals surface area contributed by atoms with E-state index in [-0.39, 0.29) is 22.7 Å². The first-order valence-corrected chi connectivity index (χ1v) is 16.4. The summed E-state index contributed by atoms with van der Waals surface area (Å²) in [6.45, 7) is 2.14. The molecule has 0 aliphatic carbocycles. The van der Waals surface area contributed by atoms with Gasteiger partial charge in [-0.3, -0.25) is 18.9 Å². The lowest BCUT2D eigenvalue weighted by Gasteiger charge is -2.27. The number of aliphatic hydroxyl groups is 2. The smallest absolute Gasteiger partial charge is 0.459 e. The highest BCUT2D eigenvalue weighted by Gasteiger charge is 2.54. The molecule has 1 aliphatic rings. The Labute approximate surface area is 251 Å². The Bertz CT molecular complexity index is 1620. The second-order valence-corrected chi connectivity index (χ2v) is 13.7. The molecule has 1 saturated heterocycles. The van der Waals surface area contributed by atoms with Crippen LogP contribution in [-0.2, 0) is 33.4 Å². The van der Waals surface area contributed by atoms with Gasteiger partial charge in [-0.1, -0.05) is 11.6 Å². The Morgan fingerprint density at radius 1 is 1.30 bits per heavy atom. The fourth-order valence-corrected chi connectivity index (χ4v) is 6.50. The standard InChI is InChI=1S/C23H31ClN7O10PS/c1-13(21(33)38-4)28-42(35,41-15-8-6-14(24)7-9-15)39-10-16-18(32)23(2,34)22(40-16)31-12-27-17-19(25-11-26-20(17)31)30(3)29-43(5,36)37/h6-9,11-13,16,18,22,29,32,34H,10H2,1-5H3,(H,28,35)/t13?,16?,18-,22?,23-,42?/m1/s1. The van der Waals surface area contributed by atoms with Gasteiger partial charge in [-0.15, -0.1) is 4.83 Å². The molecule has 6 atom stereocenters. The summed E-state index contributed by atoms with van der Waals surface area (Å²) in [4.78, 5) is 26.8. The summed E-state index contributed by atoms with van der Waals surface area (Å²) in [6.07, 6.45) is -0.705. The largest absolute Gasteiger partial charge is 0.468 e. The lowest BCUT2D eigenvalue weighted by molar-refractivity contribution is -0.142. The predicted octanol–water partition coefficient (Wildman–Crippen LogP) is 0.744. The van der Waals surface area contributed by atoms with Crippen molar-refractivity contribution in [2.45, 2.75) is 43.9 Å². The number of halogens is 1. The number of sulfonamides is 1. The molecule has 2 aromatic heterocycles. The predicted molar refractivity (Wildman–Crippen MR) is 152 cm³/mol. The summed E-state index contributed by atoms with van der Waals surface area (Å²) in [5, 5.41) is 26.3. The van der Waals surface area contributed by atoms with Crippen LogP contribution in [0.4, 0.5) is 5.82 Å². The number of rotatable bonds is 12. The van der Waals surface area contributed by atoms with Gasteiger partial charge in [0.2, 0.25) is 10.0 Å². The molecule has 17 nitrogen and oxygen atoms in total. The number of ether oxygens (including phenoxy) is 2. The number of hydrogen-bond acceptors (Lipinski definition) is 14. The number of anilines is 1. The van der Waals surface area contributed by atoms with Gasteiger partial charge >= 0.3 is 13.7 Å². The van der Waals surface area contributed by atoms with E-state index in [0.717, 1.165) is 24.7 Å². The molecule has 0 bridgehead atoms. The molecule has 0 saturated carbocycles. The minimum atomic E-state index is -4.32. The molecule has 1 aliphatic heterocycles. The van der Waals surface area contributed by atoms with Crippen LogP contribution >= 0.6 is 19.3 Å². The first-order valence-electron chi connectivity index (χ1n) is 12.5. The minimum absolute atomic E-state index is 0.103. The third kappa shape index (κ3) is 7.42. The SMILES string of the molecule is COC(=O)C(C)NP(=O)(OCC1OC(n2cnc3c(N(C)NS(C)(=O)=O)ncnc32)[C@](C)(O)[C@@H]1O)Oc1ccc(Cl)cc1. The maximum Gasteiger partial charge on any atom is 0.459 e. The zero-order chi connectivity index (χ0) is 31.7. The number of benzene rings is 1. The molecule has 1 fully saturated rings. The van der Waals surface area contributed by atoms with Gasteiger partial charge in [-0.25, -0.2) is 27.9 Å². The van der Waals surface area contributed by atoms with Gasteiger partial charge < -0.3 is 24.2 Å². The molecule has 3 aromatic rings. The molecule has 4 rings (SSSR count). The van der Waals surface area contributed by atoms with E-state index in [2.05, 4.69) is 29.6 Å². The van der Waals surface area contributed by atoms with E-state index in [9.17, 15) is 28.0 Å². The van der Waals surface area contributed by atoms with E-state index in [4.69, 9.17) is 25.4 Å². The number of carbonyl (C=O) groups excluding carboxylic acids is 1. The van der Waals surface area contributed by atoms with Crippen LogP contribution in [0.3, 0.4) is 0 Å². The molecule has 3 heterocycles. The lowest BCUT2D eigenvalue weighted by Crippen LogP contribution is -2.44. The average Bonchev–Trinajstić information content (AvgIpc) is 3.45. The van der Waals surface area contributed by atoms with Gasteiger partial charge in [0.1, 0.15) is 35.9 Å². The van der Waals surface area contributed by atoms with Gasteiger partial charge in [0, 0.05) is 12.1 Å². The Morgan fingerprint density at radius 2 is 1.98 bits per heavy atom. The molecule has 236 valence electrons. The van der Waals surface area contributed by atoms with Gasteiger partial charge in [0.25, 0.3) is 0 Å². The highest BCUT2D eigenvalue weighted by atomic mass is 35.5. The van der Waals surface area contributed by atoms with E-state index in [1.54, 1.807) is 0 Å². The van der Waals surface area contributed by atoms with Crippen molar-refractivity contribution in [2.75, 3.05) is 32.0 Å². The summed E-state index contributed by atoms with van der Waals surface area (Å²) in [6, 6.07) is 4.75. The van der Waals surface area contributed by atoms with Crippen LogP contribution in [0.15, 0.2) is 36.9 Å². The molecule has 0 amide bonds. The van der Waals surface area contributed by atoms with E-state index in [1.807, 2.05) is 0 Å². The van der Waals surface area contributed by atoms with Crippen molar-refractivity contribution >= 4 is 52.3 Å². The van der Waals surface area contributed by atoms with Crippen molar-refractivity contribution in [2.24, 2.45) is 0 Å². The fourth-order valence-electron chi connectivity index (χ4n) is 4.29. The van der Waals surface area contributed by atoms with Crippen LogP contribution in [0.1, 0.15) is 20.1 Å². The van der Waals surface area contributed by atoms with Crippen molar-refractivity contribution in [1.82, 2.24) is 29.4 Å². The normalized spacial score (nSPS) is 24.4. The summed E-state index contributed by atoms with van der Waals surface area (Å²) >= 11 is 5.91. The molecule has 4 N–H and O–H groups in total. The number of imidazole rings is 1. The number of fused-ring (bicyclic) bond motifs is 1. The zero-order valence-corrected chi connectivity index (χ0v) is 26.1. The maximum absolute atomic E-state index is 13.7. The Kier molecular flexibility index (Phi) is 9.65. The van der Waals surface area contributed by atoms with Crippen LogP contribution < -0.4 is 19.5 Å². The van der Waals surface area contributed by atoms with Crippen LogP contribution in [-0.4, -0.2) is 95.0 Å². The third-order valence-corrected chi connectivity index (χ3v) is 8.82. The molecule has 0 spiro atoms. The molecule has 20 heteroatoms. The second-order valence-electron chi connectivity index (χ2n) is 9.85. The molecule has 1 aromatic carbocycles. The van der Waals surface area contributed by atoms with Gasteiger partial charge in [0.15, 0.2) is 23.2 Å². The number of aromatic nitrogens is 4. The summed E-state index contributed by atoms with van der Waals surface area (Å²) in [7, 11) is -5.38. The second kappa shape index (κ2) is 12.6. The lowest BCUT2D eigenvalue weighted by atomic mass is 9.96. The van der Waals surface area contributed by atoms with Gasteiger partial charge in [-0.2, -0.15) is 5.09 Å². The quantitative estimate of drug-likeness (QED) is 0.119. The maximum atomic E-state index is 13.7. The molecule has 4 unspecified atom stereocenters. The topological polar surface area (TPSA) is 217 Å². The third-order valence-electron chi connectivity index (χ3n) is 6.32.